The molecule has 0 aliphatic carbocycles. The maximum atomic E-state index is 9.57. The van der Waals surface area contributed by atoms with Gasteiger partial charge in [-0.15, -0.1) is 0 Å². The fourth-order valence-electron chi connectivity index (χ4n) is 1.32. The third-order valence-corrected chi connectivity index (χ3v) is 2.01. The van der Waals surface area contributed by atoms with Gasteiger partial charge in [-0.05, 0) is 12.5 Å². The minimum absolute atomic E-state index is 0.0306. The molecule has 2 aromatic rings. The van der Waals surface area contributed by atoms with Crippen LogP contribution in [0.3, 0.4) is 0 Å². The summed E-state index contributed by atoms with van der Waals surface area (Å²) in [5, 5.41) is 10.4. The summed E-state index contributed by atoms with van der Waals surface area (Å²) in [5.41, 5.74) is 1.82. The molecule has 1 aromatic heterocycles. The lowest BCUT2D eigenvalue weighted by atomic mass is 10.1. The Bertz CT molecular complexity index is 466. The van der Waals surface area contributed by atoms with Crippen molar-refractivity contribution in [2.75, 3.05) is 0 Å². The minimum Gasteiger partial charge on any atom is -0.505 e. The molecule has 0 aliphatic rings. The van der Waals surface area contributed by atoms with Crippen molar-refractivity contribution >= 4 is 10.9 Å². The molecule has 0 spiro atoms. The Kier molecular flexibility index (Phi) is 1.65. The van der Waals surface area contributed by atoms with E-state index in [1.165, 1.54) is 6.33 Å². The number of hydrogen-bond donors (Lipinski definition) is 1. The number of fused-ring (bicyclic) bond motifs is 1. The summed E-state index contributed by atoms with van der Waals surface area (Å²) in [6, 6.07) is 1.71. The van der Waals surface area contributed by atoms with Crippen molar-refractivity contribution in [1.82, 2.24) is 9.97 Å². The van der Waals surface area contributed by atoms with Crippen molar-refractivity contribution < 1.29 is 5.11 Å². The average molecular weight is 172 g/mol. The van der Waals surface area contributed by atoms with Gasteiger partial charge in [0.15, 0.2) is 0 Å². The lowest BCUT2D eigenvalue weighted by Gasteiger charge is -2.05. The van der Waals surface area contributed by atoms with E-state index < -0.39 is 0 Å². The molecule has 2 radical (unpaired) electrons. The van der Waals surface area contributed by atoms with Crippen molar-refractivity contribution in [2.45, 2.75) is 6.92 Å². The molecule has 0 unspecified atom stereocenters. The average Bonchev–Trinajstić information content (AvgIpc) is 2.15. The van der Waals surface area contributed by atoms with Crippen LogP contribution in [0.1, 0.15) is 11.1 Å². The van der Waals surface area contributed by atoms with Crippen LogP contribution < -0.4 is 0 Å². The molecule has 0 bridgehead atoms. The third-order valence-electron chi connectivity index (χ3n) is 2.01. The van der Waals surface area contributed by atoms with Crippen molar-refractivity contribution in [2.24, 2.45) is 0 Å². The molecule has 0 atom stereocenters. The molecule has 1 aromatic carbocycles. The fraction of sp³-hybridized carbons (Fsp3) is 0.100. The van der Waals surface area contributed by atoms with Crippen LogP contribution in [0.5, 0.6) is 5.75 Å². The Morgan fingerprint density at radius 1 is 1.46 bits per heavy atom. The molecule has 0 amide bonds. The Labute approximate surface area is 76.1 Å². The van der Waals surface area contributed by atoms with E-state index >= 15 is 0 Å². The quantitative estimate of drug-likeness (QED) is 0.657. The monoisotopic (exact) mass is 172 g/mol. The largest absolute Gasteiger partial charge is 0.505 e. The SMILES string of the molecule is [CH]c1cc(C)c2cncnc2c1O. The second-order valence-corrected chi connectivity index (χ2v) is 2.92. The molecule has 3 nitrogen and oxygen atoms in total. The van der Waals surface area contributed by atoms with Gasteiger partial charge < -0.3 is 5.11 Å². The summed E-state index contributed by atoms with van der Waals surface area (Å²) in [6.07, 6.45) is 3.05. The summed E-state index contributed by atoms with van der Waals surface area (Å²) in [4.78, 5) is 7.84. The summed E-state index contributed by atoms with van der Waals surface area (Å²) in [7, 11) is 0. The van der Waals surface area contributed by atoms with Crippen molar-refractivity contribution in [1.29, 1.82) is 0 Å². The Morgan fingerprint density at radius 2 is 2.23 bits per heavy atom. The number of aryl methyl sites for hydroxylation is 1. The van der Waals surface area contributed by atoms with Gasteiger partial charge in [0.2, 0.25) is 0 Å². The number of phenols is 1. The smallest absolute Gasteiger partial charge is 0.145 e. The van der Waals surface area contributed by atoms with E-state index in [-0.39, 0.29) is 5.75 Å². The second-order valence-electron chi connectivity index (χ2n) is 2.92. The molecule has 0 aliphatic heterocycles. The van der Waals surface area contributed by atoms with Crippen LogP contribution in [0.15, 0.2) is 18.6 Å². The molecule has 64 valence electrons. The first-order valence-electron chi connectivity index (χ1n) is 3.88. The topological polar surface area (TPSA) is 46.0 Å². The van der Waals surface area contributed by atoms with Crippen molar-refractivity contribution in [3.8, 4) is 5.75 Å². The first-order valence-corrected chi connectivity index (χ1v) is 3.88. The Hall–Kier alpha value is -1.64. The molecule has 0 fully saturated rings. The predicted molar refractivity (Wildman–Crippen MR) is 49.3 cm³/mol. The maximum absolute atomic E-state index is 9.57. The highest BCUT2D eigenvalue weighted by Gasteiger charge is 2.06. The van der Waals surface area contributed by atoms with Gasteiger partial charge >= 0.3 is 0 Å². The number of phenolic OH excluding ortho intramolecular Hbond substituents is 1. The fourth-order valence-corrected chi connectivity index (χ4v) is 1.32. The maximum Gasteiger partial charge on any atom is 0.145 e. The number of aromatic nitrogens is 2. The summed E-state index contributed by atoms with van der Waals surface area (Å²) in [6.45, 7) is 7.48. The van der Waals surface area contributed by atoms with Gasteiger partial charge in [-0.25, -0.2) is 9.97 Å². The van der Waals surface area contributed by atoms with Gasteiger partial charge in [0.25, 0.3) is 0 Å². The van der Waals surface area contributed by atoms with Crippen molar-refractivity contribution in [3.63, 3.8) is 0 Å². The van der Waals surface area contributed by atoms with E-state index in [9.17, 15) is 5.11 Å². The first kappa shape index (κ1) is 7.98. The highest BCUT2D eigenvalue weighted by molar-refractivity contribution is 5.87. The minimum atomic E-state index is 0.0306. The summed E-state index contributed by atoms with van der Waals surface area (Å²) >= 11 is 0. The zero-order chi connectivity index (χ0) is 9.42. The molecular formula is C10H8N2O. The number of benzene rings is 1. The Balaban J connectivity index is 2.97. The van der Waals surface area contributed by atoms with Crippen LogP contribution in [0.25, 0.3) is 10.9 Å². The van der Waals surface area contributed by atoms with E-state index in [0.29, 0.717) is 11.1 Å². The van der Waals surface area contributed by atoms with E-state index in [2.05, 4.69) is 9.97 Å². The van der Waals surface area contributed by atoms with Crippen LogP contribution in [0, 0.1) is 13.8 Å². The molecule has 1 N–H and O–H groups in total. The van der Waals surface area contributed by atoms with E-state index in [1.807, 2.05) is 6.92 Å². The normalized spacial score (nSPS) is 10.6. The lowest BCUT2D eigenvalue weighted by molar-refractivity contribution is 0.478. The van der Waals surface area contributed by atoms with Gasteiger partial charge in [-0.1, -0.05) is 6.07 Å². The molecule has 3 heteroatoms. The molecule has 13 heavy (non-hydrogen) atoms. The first-order chi connectivity index (χ1) is 6.20. The highest BCUT2D eigenvalue weighted by atomic mass is 16.3. The number of hydrogen-bond acceptors (Lipinski definition) is 3. The molecule has 2 rings (SSSR count). The summed E-state index contributed by atoms with van der Waals surface area (Å²) in [5.74, 6) is 0.0306. The van der Waals surface area contributed by atoms with Gasteiger partial charge in [0.05, 0.1) is 0 Å². The lowest BCUT2D eigenvalue weighted by Crippen LogP contribution is -1.87. The highest BCUT2D eigenvalue weighted by Crippen LogP contribution is 2.28. The standard InChI is InChI=1S/C10H8N2O/c1-6-3-7(2)10(13)9-8(6)4-11-5-12-9/h2-5,13H,1H3. The van der Waals surface area contributed by atoms with E-state index in [0.717, 1.165) is 10.9 Å². The Morgan fingerprint density at radius 3 is 3.00 bits per heavy atom. The second kappa shape index (κ2) is 2.69. The predicted octanol–water partition coefficient (Wildman–Crippen LogP) is 1.70. The van der Waals surface area contributed by atoms with Gasteiger partial charge in [-0.2, -0.15) is 0 Å². The van der Waals surface area contributed by atoms with Crippen LogP contribution >= 0.6 is 0 Å². The van der Waals surface area contributed by atoms with Crippen LogP contribution in [-0.4, -0.2) is 15.1 Å². The molecular weight excluding hydrogens is 164 g/mol. The molecule has 0 saturated carbocycles. The van der Waals surface area contributed by atoms with Crippen LogP contribution in [0.4, 0.5) is 0 Å². The van der Waals surface area contributed by atoms with E-state index in [1.54, 1.807) is 12.3 Å². The van der Waals surface area contributed by atoms with E-state index in [4.69, 9.17) is 6.92 Å². The molecule has 1 heterocycles. The number of aromatic hydroxyl groups is 1. The number of rotatable bonds is 0. The number of nitrogens with zero attached hydrogens (tertiary/aromatic N) is 2. The zero-order valence-electron chi connectivity index (χ0n) is 7.15. The summed E-state index contributed by atoms with van der Waals surface area (Å²) < 4.78 is 0. The van der Waals surface area contributed by atoms with Crippen LogP contribution in [0.2, 0.25) is 0 Å². The zero-order valence-corrected chi connectivity index (χ0v) is 7.15. The van der Waals surface area contributed by atoms with Crippen molar-refractivity contribution in [3.05, 3.63) is 36.6 Å². The third kappa shape index (κ3) is 1.13. The van der Waals surface area contributed by atoms with Crippen LogP contribution in [-0.2, 0) is 0 Å². The van der Waals surface area contributed by atoms with Gasteiger partial charge in [0, 0.05) is 24.1 Å². The molecule has 0 saturated heterocycles. The van der Waals surface area contributed by atoms with Gasteiger partial charge in [0.1, 0.15) is 17.6 Å². The van der Waals surface area contributed by atoms with Gasteiger partial charge in [-0.3, -0.25) is 0 Å².